The van der Waals surface area contributed by atoms with Gasteiger partial charge in [0.2, 0.25) is 0 Å². The normalized spacial score (nSPS) is 27.4. The van der Waals surface area contributed by atoms with Crippen molar-refractivity contribution in [2.24, 2.45) is 16.6 Å². The number of nitrogens with two attached hydrogens (primary N) is 1. The van der Waals surface area contributed by atoms with E-state index in [1.807, 2.05) is 0 Å². The van der Waals surface area contributed by atoms with Gasteiger partial charge in [-0.05, 0) is 49.6 Å². The van der Waals surface area contributed by atoms with Crippen molar-refractivity contribution < 1.29 is 5.11 Å². The van der Waals surface area contributed by atoms with Crippen molar-refractivity contribution in [1.29, 1.82) is 0 Å². The van der Waals surface area contributed by atoms with Gasteiger partial charge in [-0.15, -0.1) is 0 Å². The van der Waals surface area contributed by atoms with Crippen LogP contribution in [0.5, 0.6) is 0 Å². The highest BCUT2D eigenvalue weighted by atomic mass is 16.3. The van der Waals surface area contributed by atoms with Crippen LogP contribution in [0, 0.1) is 10.8 Å². The quantitative estimate of drug-likeness (QED) is 0.837. The van der Waals surface area contributed by atoms with Crippen LogP contribution in [-0.4, -0.2) is 41.8 Å². The highest BCUT2D eigenvalue weighted by Crippen LogP contribution is 2.45. The molecular weight excluding hydrogens is 248 g/mol. The fraction of sp³-hybridized carbons (Fsp3) is 1.00. The average Bonchev–Trinajstić information content (AvgIpc) is 2.42. The average molecular weight is 282 g/mol. The molecule has 1 saturated heterocycles. The summed E-state index contributed by atoms with van der Waals surface area (Å²) in [6.45, 7) is 8.95. The van der Waals surface area contributed by atoms with E-state index in [0.29, 0.717) is 5.41 Å². The summed E-state index contributed by atoms with van der Waals surface area (Å²) >= 11 is 0. The van der Waals surface area contributed by atoms with Crippen LogP contribution < -0.4 is 5.73 Å². The second-order valence-corrected chi connectivity index (χ2v) is 8.24. The number of piperidine rings is 1. The number of aliphatic hydroxyl groups is 1. The van der Waals surface area contributed by atoms with Gasteiger partial charge in [-0.25, -0.2) is 0 Å². The fourth-order valence-electron chi connectivity index (χ4n) is 4.17. The van der Waals surface area contributed by atoms with Crippen LogP contribution in [0.4, 0.5) is 0 Å². The molecule has 0 amide bonds. The monoisotopic (exact) mass is 282 g/mol. The summed E-state index contributed by atoms with van der Waals surface area (Å²) < 4.78 is 0. The van der Waals surface area contributed by atoms with E-state index in [9.17, 15) is 5.11 Å². The zero-order chi connectivity index (χ0) is 14.8. The summed E-state index contributed by atoms with van der Waals surface area (Å²) in [6, 6.07) is 0.156. The van der Waals surface area contributed by atoms with Gasteiger partial charge < -0.3 is 10.8 Å². The Morgan fingerprint density at radius 3 is 2.05 bits per heavy atom. The van der Waals surface area contributed by atoms with Crippen molar-refractivity contribution in [2.75, 3.05) is 19.7 Å². The van der Waals surface area contributed by atoms with Gasteiger partial charge in [0, 0.05) is 12.1 Å². The highest BCUT2D eigenvalue weighted by Gasteiger charge is 2.39. The van der Waals surface area contributed by atoms with Gasteiger partial charge in [0.1, 0.15) is 0 Å². The van der Waals surface area contributed by atoms with Crippen molar-refractivity contribution in [1.82, 2.24) is 4.90 Å². The maximum Gasteiger partial charge on any atom is 0.0602 e. The molecule has 3 nitrogen and oxygen atoms in total. The SMILES string of the molecule is CC(C)(C)C(N)C(CO)N1CCC2(CCCCC2)CC1. The molecule has 2 rings (SSSR count). The van der Waals surface area contributed by atoms with Crippen molar-refractivity contribution >= 4 is 0 Å². The minimum Gasteiger partial charge on any atom is -0.395 e. The maximum absolute atomic E-state index is 9.79. The van der Waals surface area contributed by atoms with Crippen molar-refractivity contribution in [3.05, 3.63) is 0 Å². The van der Waals surface area contributed by atoms with Gasteiger partial charge in [-0.2, -0.15) is 0 Å². The number of likely N-dealkylation sites (tertiary alicyclic amines) is 1. The molecule has 2 unspecified atom stereocenters. The molecule has 118 valence electrons. The third-order valence-electron chi connectivity index (χ3n) is 5.84. The summed E-state index contributed by atoms with van der Waals surface area (Å²) in [5.74, 6) is 0. The number of aliphatic hydroxyl groups excluding tert-OH is 1. The summed E-state index contributed by atoms with van der Waals surface area (Å²) in [5, 5.41) is 9.79. The first-order chi connectivity index (χ1) is 9.38. The summed E-state index contributed by atoms with van der Waals surface area (Å²) in [7, 11) is 0. The molecule has 1 saturated carbocycles. The van der Waals surface area contributed by atoms with E-state index in [0.717, 1.165) is 13.1 Å². The molecule has 0 bridgehead atoms. The number of rotatable bonds is 3. The Balaban J connectivity index is 1.94. The third kappa shape index (κ3) is 3.55. The molecule has 2 fully saturated rings. The van der Waals surface area contributed by atoms with Crippen LogP contribution in [0.2, 0.25) is 0 Å². The Morgan fingerprint density at radius 2 is 1.60 bits per heavy atom. The lowest BCUT2D eigenvalue weighted by molar-refractivity contribution is 0.00634. The number of hydrogen-bond acceptors (Lipinski definition) is 3. The van der Waals surface area contributed by atoms with E-state index in [4.69, 9.17) is 5.73 Å². The largest absolute Gasteiger partial charge is 0.395 e. The zero-order valence-electron chi connectivity index (χ0n) is 13.7. The summed E-state index contributed by atoms with van der Waals surface area (Å²) in [4.78, 5) is 2.45. The molecule has 0 aromatic rings. The maximum atomic E-state index is 9.79. The van der Waals surface area contributed by atoms with E-state index < -0.39 is 0 Å². The molecule has 0 aromatic carbocycles. The molecule has 3 N–H and O–H groups in total. The first-order valence-corrected chi connectivity index (χ1v) is 8.48. The first kappa shape index (κ1) is 16.3. The third-order valence-corrected chi connectivity index (χ3v) is 5.84. The molecule has 2 aliphatic rings. The van der Waals surface area contributed by atoms with Gasteiger partial charge >= 0.3 is 0 Å². The predicted molar refractivity (Wildman–Crippen MR) is 84.6 cm³/mol. The predicted octanol–water partition coefficient (Wildman–Crippen LogP) is 2.77. The minimum atomic E-state index is 0.0351. The second kappa shape index (κ2) is 6.33. The van der Waals surface area contributed by atoms with Crippen molar-refractivity contribution in [2.45, 2.75) is 77.8 Å². The molecule has 2 atom stereocenters. The van der Waals surface area contributed by atoms with Gasteiger partial charge in [0.25, 0.3) is 0 Å². The number of hydrogen-bond donors (Lipinski definition) is 2. The van der Waals surface area contributed by atoms with Gasteiger partial charge in [-0.3, -0.25) is 4.90 Å². The van der Waals surface area contributed by atoms with Crippen LogP contribution in [0.15, 0.2) is 0 Å². The van der Waals surface area contributed by atoms with Gasteiger partial charge in [0.05, 0.1) is 6.61 Å². The van der Waals surface area contributed by atoms with Crippen LogP contribution in [0.25, 0.3) is 0 Å². The van der Waals surface area contributed by atoms with E-state index in [2.05, 4.69) is 25.7 Å². The lowest BCUT2D eigenvalue weighted by Crippen LogP contribution is -2.58. The van der Waals surface area contributed by atoms with E-state index in [1.165, 1.54) is 44.9 Å². The molecule has 1 spiro atoms. The molecule has 1 aliphatic heterocycles. The molecule has 0 aromatic heterocycles. The van der Waals surface area contributed by atoms with E-state index in [1.54, 1.807) is 0 Å². The van der Waals surface area contributed by atoms with Gasteiger partial charge in [0.15, 0.2) is 0 Å². The lowest BCUT2D eigenvalue weighted by Gasteiger charge is -2.48. The Labute approximate surface area is 124 Å². The van der Waals surface area contributed by atoms with Crippen molar-refractivity contribution in [3.8, 4) is 0 Å². The molecule has 20 heavy (non-hydrogen) atoms. The Morgan fingerprint density at radius 1 is 1.05 bits per heavy atom. The molecular formula is C17H34N2O. The lowest BCUT2D eigenvalue weighted by atomic mass is 9.67. The molecule has 1 heterocycles. The Bertz CT molecular complexity index is 295. The summed E-state index contributed by atoms with van der Waals surface area (Å²) in [5.41, 5.74) is 7.08. The number of nitrogens with zero attached hydrogens (tertiary/aromatic N) is 1. The molecule has 3 heteroatoms. The van der Waals surface area contributed by atoms with Crippen LogP contribution in [0.3, 0.4) is 0 Å². The molecule has 1 aliphatic carbocycles. The van der Waals surface area contributed by atoms with Crippen LogP contribution >= 0.6 is 0 Å². The van der Waals surface area contributed by atoms with E-state index >= 15 is 0 Å². The smallest absolute Gasteiger partial charge is 0.0602 e. The zero-order valence-corrected chi connectivity index (χ0v) is 13.7. The van der Waals surface area contributed by atoms with Crippen LogP contribution in [0.1, 0.15) is 65.7 Å². The van der Waals surface area contributed by atoms with Crippen molar-refractivity contribution in [3.63, 3.8) is 0 Å². The second-order valence-electron chi connectivity index (χ2n) is 8.24. The topological polar surface area (TPSA) is 49.5 Å². The van der Waals surface area contributed by atoms with Gasteiger partial charge in [-0.1, -0.05) is 40.0 Å². The summed E-state index contributed by atoms with van der Waals surface area (Å²) in [6.07, 6.45) is 9.74. The standard InChI is InChI=1S/C17H34N2O/c1-16(2,3)15(18)14(13-20)19-11-9-17(10-12-19)7-5-4-6-8-17/h14-15,20H,4-13,18H2,1-3H3. The van der Waals surface area contributed by atoms with Crippen LogP contribution in [-0.2, 0) is 0 Å². The Hall–Kier alpha value is -0.120. The fourth-order valence-corrected chi connectivity index (χ4v) is 4.17. The Kier molecular flexibility index (Phi) is 5.14. The first-order valence-electron chi connectivity index (χ1n) is 8.48. The minimum absolute atomic E-state index is 0.0351. The van der Waals surface area contributed by atoms with E-state index in [-0.39, 0.29) is 24.1 Å². The highest BCUT2D eigenvalue weighted by molar-refractivity contribution is 4.95. The molecule has 0 radical (unpaired) electrons.